The monoisotopic (exact) mass is 400 g/mol. The van der Waals surface area contributed by atoms with Crippen LogP contribution in [0.2, 0.25) is 0 Å². The summed E-state index contributed by atoms with van der Waals surface area (Å²) < 4.78 is 7.43. The average Bonchev–Trinajstić information content (AvgIpc) is 2.29. The number of hydrogen-bond acceptors (Lipinski definition) is 1. The van der Waals surface area contributed by atoms with Crippen molar-refractivity contribution < 1.29 is 4.74 Å². The van der Waals surface area contributed by atoms with Gasteiger partial charge in [0.15, 0.2) is 0 Å². The summed E-state index contributed by atoms with van der Waals surface area (Å²) in [5.74, 6) is 0. The number of halogens is 2. The SMILES string of the molecule is Ic1cccc2c1C(I)COCC2. The van der Waals surface area contributed by atoms with Gasteiger partial charge in [-0.1, -0.05) is 34.7 Å². The van der Waals surface area contributed by atoms with E-state index in [4.69, 9.17) is 4.74 Å². The third kappa shape index (κ3) is 2.18. The van der Waals surface area contributed by atoms with E-state index in [1.54, 1.807) is 0 Å². The normalized spacial score (nSPS) is 22.2. The standard InChI is InChI=1S/C10H10I2O/c11-8-3-1-2-7-4-5-13-6-9(12)10(7)8/h1-3,9H,4-6H2. The van der Waals surface area contributed by atoms with Crippen molar-refractivity contribution in [3.05, 3.63) is 32.9 Å². The zero-order valence-electron chi connectivity index (χ0n) is 7.09. The maximum absolute atomic E-state index is 5.53. The zero-order valence-corrected chi connectivity index (χ0v) is 11.4. The first-order chi connectivity index (χ1) is 6.29. The van der Waals surface area contributed by atoms with E-state index in [2.05, 4.69) is 63.4 Å². The molecule has 0 aliphatic carbocycles. The van der Waals surface area contributed by atoms with Crippen LogP contribution in [0.15, 0.2) is 18.2 Å². The third-order valence-electron chi connectivity index (χ3n) is 2.24. The minimum atomic E-state index is 0.517. The molecule has 1 aromatic rings. The van der Waals surface area contributed by atoms with Crippen molar-refractivity contribution in [2.24, 2.45) is 0 Å². The lowest BCUT2D eigenvalue weighted by Crippen LogP contribution is -2.00. The van der Waals surface area contributed by atoms with Gasteiger partial charge in [-0.15, -0.1) is 0 Å². The highest BCUT2D eigenvalue weighted by Gasteiger charge is 2.18. The number of alkyl halides is 1. The van der Waals surface area contributed by atoms with Gasteiger partial charge in [0.1, 0.15) is 0 Å². The Labute approximate surface area is 106 Å². The van der Waals surface area contributed by atoms with Gasteiger partial charge in [-0.2, -0.15) is 0 Å². The fourth-order valence-electron chi connectivity index (χ4n) is 1.60. The number of ether oxygens (including phenoxy) is 1. The van der Waals surface area contributed by atoms with Crippen molar-refractivity contribution in [2.45, 2.75) is 10.3 Å². The summed E-state index contributed by atoms with van der Waals surface area (Å²) in [5, 5.41) is 0. The summed E-state index contributed by atoms with van der Waals surface area (Å²) in [7, 11) is 0. The molecule has 0 bridgehead atoms. The van der Waals surface area contributed by atoms with Crippen LogP contribution in [0, 0.1) is 3.57 Å². The van der Waals surface area contributed by atoms with E-state index in [1.165, 1.54) is 14.7 Å². The van der Waals surface area contributed by atoms with Gasteiger partial charge in [-0.05, 0) is 46.2 Å². The van der Waals surface area contributed by atoms with Crippen LogP contribution in [-0.4, -0.2) is 13.2 Å². The van der Waals surface area contributed by atoms with E-state index < -0.39 is 0 Å². The number of rotatable bonds is 0. The molecule has 1 atom stereocenters. The molecule has 1 aliphatic heterocycles. The maximum atomic E-state index is 5.53. The van der Waals surface area contributed by atoms with Crippen LogP contribution < -0.4 is 0 Å². The van der Waals surface area contributed by atoms with Crippen molar-refractivity contribution in [2.75, 3.05) is 13.2 Å². The fourth-order valence-corrected chi connectivity index (χ4v) is 4.12. The smallest absolute Gasteiger partial charge is 0.0625 e. The molecule has 70 valence electrons. The molecule has 1 aromatic carbocycles. The largest absolute Gasteiger partial charge is 0.380 e. The summed E-state index contributed by atoms with van der Waals surface area (Å²) in [6.45, 7) is 1.72. The number of fused-ring (bicyclic) bond motifs is 1. The Morgan fingerprint density at radius 1 is 1.38 bits per heavy atom. The van der Waals surface area contributed by atoms with Gasteiger partial charge in [0.2, 0.25) is 0 Å². The van der Waals surface area contributed by atoms with E-state index in [1.807, 2.05) is 0 Å². The average molecular weight is 400 g/mol. The molecule has 13 heavy (non-hydrogen) atoms. The Balaban J connectivity index is 2.48. The highest BCUT2D eigenvalue weighted by Crippen LogP contribution is 2.33. The molecule has 0 saturated carbocycles. The van der Waals surface area contributed by atoms with Gasteiger partial charge in [-0.3, -0.25) is 0 Å². The van der Waals surface area contributed by atoms with E-state index in [0.717, 1.165) is 19.6 Å². The van der Waals surface area contributed by atoms with Gasteiger partial charge < -0.3 is 4.74 Å². The van der Waals surface area contributed by atoms with Crippen LogP contribution in [0.3, 0.4) is 0 Å². The molecule has 0 amide bonds. The van der Waals surface area contributed by atoms with Gasteiger partial charge in [0.25, 0.3) is 0 Å². The van der Waals surface area contributed by atoms with Gasteiger partial charge in [0, 0.05) is 3.57 Å². The summed E-state index contributed by atoms with van der Waals surface area (Å²) in [4.78, 5) is 0. The van der Waals surface area contributed by atoms with E-state index in [9.17, 15) is 0 Å². The van der Waals surface area contributed by atoms with Gasteiger partial charge in [0.05, 0.1) is 17.1 Å². The van der Waals surface area contributed by atoms with Gasteiger partial charge in [-0.25, -0.2) is 0 Å². The molecule has 1 heterocycles. The topological polar surface area (TPSA) is 9.23 Å². The maximum Gasteiger partial charge on any atom is 0.0625 e. The molecule has 0 radical (unpaired) electrons. The minimum Gasteiger partial charge on any atom is -0.380 e. The van der Waals surface area contributed by atoms with Crippen molar-refractivity contribution in [1.29, 1.82) is 0 Å². The molecule has 2 rings (SSSR count). The van der Waals surface area contributed by atoms with E-state index in [0.29, 0.717) is 3.92 Å². The molecular formula is C10H10I2O. The lowest BCUT2D eigenvalue weighted by molar-refractivity contribution is 0.147. The predicted octanol–water partition coefficient (Wildman–Crippen LogP) is 3.34. The molecule has 1 unspecified atom stereocenters. The Bertz CT molecular complexity index is 312. The Morgan fingerprint density at radius 3 is 3.08 bits per heavy atom. The van der Waals surface area contributed by atoms with Crippen molar-refractivity contribution in [1.82, 2.24) is 0 Å². The molecule has 0 fully saturated rings. The van der Waals surface area contributed by atoms with Crippen LogP contribution in [-0.2, 0) is 11.2 Å². The number of benzene rings is 1. The molecule has 0 aromatic heterocycles. The molecular weight excluding hydrogens is 390 g/mol. The van der Waals surface area contributed by atoms with Crippen LogP contribution in [0.25, 0.3) is 0 Å². The minimum absolute atomic E-state index is 0.517. The quantitative estimate of drug-likeness (QED) is 0.480. The molecule has 3 heteroatoms. The Hall–Kier alpha value is 0.640. The second-order valence-corrected chi connectivity index (χ2v) is 5.77. The molecule has 0 N–H and O–H groups in total. The first-order valence-corrected chi connectivity index (χ1v) is 6.60. The highest BCUT2D eigenvalue weighted by atomic mass is 127. The Morgan fingerprint density at radius 2 is 2.23 bits per heavy atom. The van der Waals surface area contributed by atoms with Crippen LogP contribution in [0.5, 0.6) is 0 Å². The van der Waals surface area contributed by atoms with Crippen molar-refractivity contribution in [3.63, 3.8) is 0 Å². The number of hydrogen-bond donors (Lipinski definition) is 0. The molecule has 0 spiro atoms. The van der Waals surface area contributed by atoms with Crippen LogP contribution in [0.4, 0.5) is 0 Å². The van der Waals surface area contributed by atoms with Crippen LogP contribution in [0.1, 0.15) is 15.1 Å². The Kier molecular flexibility index (Phi) is 3.47. The third-order valence-corrected chi connectivity index (χ3v) is 4.16. The summed E-state index contributed by atoms with van der Waals surface area (Å²) >= 11 is 4.88. The van der Waals surface area contributed by atoms with Crippen molar-refractivity contribution in [3.8, 4) is 0 Å². The van der Waals surface area contributed by atoms with Crippen LogP contribution >= 0.6 is 45.2 Å². The van der Waals surface area contributed by atoms with E-state index >= 15 is 0 Å². The lowest BCUT2D eigenvalue weighted by Gasteiger charge is -2.11. The predicted molar refractivity (Wildman–Crippen MR) is 70.4 cm³/mol. The molecule has 1 nitrogen and oxygen atoms in total. The summed E-state index contributed by atoms with van der Waals surface area (Å²) in [5.41, 5.74) is 2.95. The molecule has 0 saturated heterocycles. The first-order valence-electron chi connectivity index (χ1n) is 4.28. The van der Waals surface area contributed by atoms with E-state index in [-0.39, 0.29) is 0 Å². The summed E-state index contributed by atoms with van der Waals surface area (Å²) in [6, 6.07) is 6.53. The molecule has 1 aliphatic rings. The van der Waals surface area contributed by atoms with Gasteiger partial charge >= 0.3 is 0 Å². The zero-order chi connectivity index (χ0) is 9.26. The fraction of sp³-hybridized carbons (Fsp3) is 0.400. The second kappa shape index (κ2) is 4.44. The highest BCUT2D eigenvalue weighted by molar-refractivity contribution is 14.1. The van der Waals surface area contributed by atoms with Crippen molar-refractivity contribution >= 4 is 45.2 Å². The summed E-state index contributed by atoms with van der Waals surface area (Å²) in [6.07, 6.45) is 1.06. The lowest BCUT2D eigenvalue weighted by atomic mass is 10.0. The second-order valence-electron chi connectivity index (χ2n) is 3.11. The first kappa shape index (κ1) is 10.2.